The largest absolute Gasteiger partial charge is 0.294 e. The Balaban J connectivity index is 1.78. The lowest BCUT2D eigenvalue weighted by Gasteiger charge is -2.05. The molecule has 2 aromatic rings. The molecule has 0 heterocycles. The van der Waals surface area contributed by atoms with Crippen molar-refractivity contribution in [2.75, 3.05) is 0 Å². The van der Waals surface area contributed by atoms with E-state index in [2.05, 4.69) is 13.0 Å². The van der Waals surface area contributed by atoms with Gasteiger partial charge in [0, 0.05) is 16.5 Å². The topological polar surface area (TPSA) is 17.1 Å². The number of hydrogen-bond acceptors (Lipinski definition) is 1. The number of hydrogen-bond donors (Lipinski definition) is 0. The van der Waals surface area contributed by atoms with E-state index < -0.39 is 0 Å². The van der Waals surface area contributed by atoms with Gasteiger partial charge in [0.05, 0.1) is 0 Å². The van der Waals surface area contributed by atoms with Gasteiger partial charge >= 0.3 is 0 Å². The molecule has 2 heteroatoms. The molecule has 1 aliphatic rings. The summed E-state index contributed by atoms with van der Waals surface area (Å²) in [5, 5.41) is 0.742. The summed E-state index contributed by atoms with van der Waals surface area (Å²) < 4.78 is 0. The summed E-state index contributed by atoms with van der Waals surface area (Å²) >= 11 is 6.01. The Morgan fingerprint density at radius 2 is 1.90 bits per heavy atom. The van der Waals surface area contributed by atoms with Gasteiger partial charge in [-0.25, -0.2) is 0 Å². The average molecular weight is 285 g/mol. The number of benzene rings is 2. The molecular formula is C18H17ClO. The summed E-state index contributed by atoms with van der Waals surface area (Å²) in [7, 11) is 0. The predicted octanol–water partition coefficient (Wildman–Crippen LogP) is 4.94. The van der Waals surface area contributed by atoms with Gasteiger partial charge in [-0.15, -0.1) is 0 Å². The maximum Gasteiger partial charge on any atom is 0.166 e. The lowest BCUT2D eigenvalue weighted by molar-refractivity contribution is 0.0965. The fourth-order valence-electron chi connectivity index (χ4n) is 2.70. The van der Waals surface area contributed by atoms with Crippen LogP contribution in [0, 0.1) is 19.8 Å². The zero-order valence-electron chi connectivity index (χ0n) is 11.7. The molecule has 20 heavy (non-hydrogen) atoms. The van der Waals surface area contributed by atoms with Crippen molar-refractivity contribution in [1.29, 1.82) is 0 Å². The van der Waals surface area contributed by atoms with E-state index in [0.29, 0.717) is 5.92 Å². The van der Waals surface area contributed by atoms with Crippen LogP contribution in [0.1, 0.15) is 39.4 Å². The van der Waals surface area contributed by atoms with Crippen LogP contribution in [0.4, 0.5) is 0 Å². The van der Waals surface area contributed by atoms with E-state index in [1.54, 1.807) is 0 Å². The second kappa shape index (κ2) is 5.06. The Hall–Kier alpha value is -1.60. The number of halogens is 1. The maximum absolute atomic E-state index is 12.5. The second-order valence-corrected chi connectivity index (χ2v) is 6.10. The number of aryl methyl sites for hydroxylation is 2. The molecule has 1 saturated carbocycles. The Morgan fingerprint density at radius 3 is 2.60 bits per heavy atom. The van der Waals surface area contributed by atoms with Crippen LogP contribution in [0.2, 0.25) is 5.02 Å². The van der Waals surface area contributed by atoms with Crippen LogP contribution in [0.5, 0.6) is 0 Å². The molecule has 0 saturated heterocycles. The monoisotopic (exact) mass is 284 g/mol. The molecule has 1 nitrogen and oxygen atoms in total. The molecule has 102 valence electrons. The van der Waals surface area contributed by atoms with Crippen molar-refractivity contribution in [2.24, 2.45) is 5.92 Å². The van der Waals surface area contributed by atoms with Gasteiger partial charge in [0.1, 0.15) is 0 Å². The van der Waals surface area contributed by atoms with Crippen LogP contribution < -0.4 is 0 Å². The summed E-state index contributed by atoms with van der Waals surface area (Å²) in [5.74, 6) is 0.719. The van der Waals surface area contributed by atoms with Gasteiger partial charge in [-0.3, -0.25) is 4.79 Å². The molecule has 0 bridgehead atoms. The fraction of sp³-hybridized carbons (Fsp3) is 0.278. The van der Waals surface area contributed by atoms with Crippen molar-refractivity contribution in [3.8, 4) is 0 Å². The van der Waals surface area contributed by atoms with Gasteiger partial charge in [0.2, 0.25) is 0 Å². The summed E-state index contributed by atoms with van der Waals surface area (Å²) in [6.07, 6.45) is 0.937. The molecule has 0 radical (unpaired) electrons. The second-order valence-electron chi connectivity index (χ2n) is 5.67. The van der Waals surface area contributed by atoms with Crippen LogP contribution in [-0.2, 0) is 0 Å². The van der Waals surface area contributed by atoms with Crippen LogP contribution >= 0.6 is 11.6 Å². The molecule has 3 rings (SSSR count). The first-order valence-electron chi connectivity index (χ1n) is 6.93. The van der Waals surface area contributed by atoms with Gasteiger partial charge < -0.3 is 0 Å². The Kier molecular flexibility index (Phi) is 3.39. The number of Topliss-reactive ketones (excluding diaryl/α,β-unsaturated/α-hetero) is 1. The first-order valence-corrected chi connectivity index (χ1v) is 7.31. The van der Waals surface area contributed by atoms with Crippen molar-refractivity contribution in [3.63, 3.8) is 0 Å². The summed E-state index contributed by atoms with van der Waals surface area (Å²) in [5.41, 5.74) is 4.42. The summed E-state index contributed by atoms with van der Waals surface area (Å²) in [4.78, 5) is 12.5. The third kappa shape index (κ3) is 2.51. The van der Waals surface area contributed by atoms with E-state index in [0.717, 1.165) is 17.0 Å². The number of ketones is 1. The smallest absolute Gasteiger partial charge is 0.166 e. The molecule has 1 fully saturated rings. The molecule has 2 atom stereocenters. The molecule has 0 aromatic heterocycles. The van der Waals surface area contributed by atoms with E-state index in [1.165, 1.54) is 16.7 Å². The van der Waals surface area contributed by atoms with Crippen LogP contribution in [0.3, 0.4) is 0 Å². The van der Waals surface area contributed by atoms with E-state index in [4.69, 9.17) is 11.6 Å². The Morgan fingerprint density at radius 1 is 1.10 bits per heavy atom. The standard InChI is InChI=1S/C18H17ClO/c1-11-6-7-14(8-12(11)2)18(20)17-10-16(17)13-4-3-5-15(19)9-13/h3-9,16-17H,10H2,1-2H3. The maximum atomic E-state index is 12.5. The molecule has 0 N–H and O–H groups in total. The SMILES string of the molecule is Cc1ccc(C(=O)C2CC2c2cccc(Cl)c2)cc1C. The fourth-order valence-corrected chi connectivity index (χ4v) is 2.90. The van der Waals surface area contributed by atoms with E-state index in [1.807, 2.05) is 43.3 Å². The van der Waals surface area contributed by atoms with E-state index in [9.17, 15) is 4.79 Å². The van der Waals surface area contributed by atoms with Crippen LogP contribution in [0.25, 0.3) is 0 Å². The average Bonchev–Trinajstić information content (AvgIpc) is 3.21. The first-order chi connectivity index (χ1) is 9.56. The zero-order valence-corrected chi connectivity index (χ0v) is 12.4. The Labute approximate surface area is 124 Å². The Bertz CT molecular complexity index is 675. The van der Waals surface area contributed by atoms with Crippen LogP contribution in [0.15, 0.2) is 42.5 Å². The quantitative estimate of drug-likeness (QED) is 0.729. The minimum atomic E-state index is 0.121. The van der Waals surface area contributed by atoms with Gasteiger partial charge in [0.15, 0.2) is 5.78 Å². The summed E-state index contributed by atoms with van der Waals surface area (Å²) in [6.45, 7) is 4.11. The van der Waals surface area contributed by atoms with Crippen molar-refractivity contribution in [3.05, 3.63) is 69.7 Å². The number of carbonyl (C=O) groups is 1. The van der Waals surface area contributed by atoms with Crippen molar-refractivity contribution < 1.29 is 4.79 Å². The highest BCUT2D eigenvalue weighted by atomic mass is 35.5. The molecule has 0 amide bonds. The van der Waals surface area contributed by atoms with Crippen LogP contribution in [-0.4, -0.2) is 5.78 Å². The van der Waals surface area contributed by atoms with Crippen molar-refractivity contribution in [1.82, 2.24) is 0 Å². The van der Waals surface area contributed by atoms with Gasteiger partial charge in [-0.2, -0.15) is 0 Å². The molecule has 2 unspecified atom stereocenters. The minimum absolute atomic E-state index is 0.121. The molecule has 2 aromatic carbocycles. The highest BCUT2D eigenvalue weighted by Crippen LogP contribution is 2.49. The molecule has 0 spiro atoms. The minimum Gasteiger partial charge on any atom is -0.294 e. The predicted molar refractivity (Wildman–Crippen MR) is 82.5 cm³/mol. The lowest BCUT2D eigenvalue weighted by Crippen LogP contribution is -2.04. The van der Waals surface area contributed by atoms with Gasteiger partial charge in [-0.05, 0) is 61.1 Å². The first kappa shape index (κ1) is 13.4. The molecule has 1 aliphatic carbocycles. The lowest BCUT2D eigenvalue weighted by atomic mass is 9.99. The highest BCUT2D eigenvalue weighted by Gasteiger charge is 2.44. The number of carbonyl (C=O) groups excluding carboxylic acids is 1. The van der Waals surface area contributed by atoms with Crippen molar-refractivity contribution in [2.45, 2.75) is 26.2 Å². The van der Waals surface area contributed by atoms with E-state index >= 15 is 0 Å². The third-order valence-electron chi connectivity index (χ3n) is 4.20. The number of rotatable bonds is 3. The third-order valence-corrected chi connectivity index (χ3v) is 4.43. The molecular weight excluding hydrogens is 268 g/mol. The molecule has 0 aliphatic heterocycles. The van der Waals surface area contributed by atoms with Gasteiger partial charge in [0.25, 0.3) is 0 Å². The van der Waals surface area contributed by atoms with Crippen molar-refractivity contribution >= 4 is 17.4 Å². The van der Waals surface area contributed by atoms with E-state index in [-0.39, 0.29) is 11.7 Å². The zero-order chi connectivity index (χ0) is 14.3. The highest BCUT2D eigenvalue weighted by molar-refractivity contribution is 6.30. The van der Waals surface area contributed by atoms with Gasteiger partial charge in [-0.1, -0.05) is 35.9 Å². The summed E-state index contributed by atoms with van der Waals surface area (Å²) in [6, 6.07) is 13.8. The normalized spacial score (nSPS) is 20.8.